The maximum absolute atomic E-state index is 12.2. The quantitative estimate of drug-likeness (QED) is 0.922. The number of aromatic nitrogens is 3. The number of nitrogens with zero attached hydrogens (tertiary/aromatic N) is 4. The Labute approximate surface area is 123 Å². The number of benzene rings is 1. The zero-order valence-electron chi connectivity index (χ0n) is 12.1. The van der Waals surface area contributed by atoms with E-state index >= 15 is 0 Å². The third kappa shape index (κ3) is 3.21. The summed E-state index contributed by atoms with van der Waals surface area (Å²) in [5.41, 5.74) is 2.02. The van der Waals surface area contributed by atoms with Crippen LogP contribution in [-0.4, -0.2) is 39.0 Å². The zero-order chi connectivity index (χ0) is 14.7. The van der Waals surface area contributed by atoms with Crippen molar-refractivity contribution >= 4 is 11.7 Å². The number of carbonyl (C=O) groups excluding carboxylic acids is 1. The standard InChI is InChI=1S/C15H19N5O/c1-12-2-4-13(5-3-12)17-15(21)19-9-6-14(7-10-19)20-11-8-16-18-20/h2-5,8,11,14H,6-7,9-10H2,1H3,(H,17,21). The van der Waals surface area contributed by atoms with Crippen LogP contribution >= 0.6 is 0 Å². The van der Waals surface area contributed by atoms with Crippen molar-refractivity contribution in [1.82, 2.24) is 19.9 Å². The van der Waals surface area contributed by atoms with Crippen LogP contribution in [-0.2, 0) is 0 Å². The first kappa shape index (κ1) is 13.6. The monoisotopic (exact) mass is 285 g/mol. The van der Waals surface area contributed by atoms with E-state index in [0.29, 0.717) is 6.04 Å². The highest BCUT2D eigenvalue weighted by atomic mass is 16.2. The highest BCUT2D eigenvalue weighted by Gasteiger charge is 2.24. The smallest absolute Gasteiger partial charge is 0.321 e. The van der Waals surface area contributed by atoms with Gasteiger partial charge >= 0.3 is 6.03 Å². The second-order valence-electron chi connectivity index (χ2n) is 5.40. The average Bonchev–Trinajstić information content (AvgIpc) is 3.04. The molecule has 0 bridgehead atoms. The highest BCUT2D eigenvalue weighted by Crippen LogP contribution is 2.21. The van der Waals surface area contributed by atoms with Gasteiger partial charge in [-0.05, 0) is 31.9 Å². The predicted molar refractivity (Wildman–Crippen MR) is 80.1 cm³/mol. The summed E-state index contributed by atoms with van der Waals surface area (Å²) in [7, 11) is 0. The van der Waals surface area contributed by atoms with Crippen molar-refractivity contribution in [2.75, 3.05) is 18.4 Å². The summed E-state index contributed by atoms with van der Waals surface area (Å²) in [6, 6.07) is 8.15. The molecule has 1 aromatic carbocycles. The largest absolute Gasteiger partial charge is 0.324 e. The van der Waals surface area contributed by atoms with Crippen molar-refractivity contribution in [3.63, 3.8) is 0 Å². The molecule has 6 heteroatoms. The molecule has 0 atom stereocenters. The van der Waals surface area contributed by atoms with Crippen molar-refractivity contribution in [3.8, 4) is 0 Å². The number of hydrogen-bond acceptors (Lipinski definition) is 3. The molecule has 0 aliphatic carbocycles. The molecule has 0 unspecified atom stereocenters. The molecular weight excluding hydrogens is 266 g/mol. The molecule has 110 valence electrons. The van der Waals surface area contributed by atoms with Crippen LogP contribution in [0.5, 0.6) is 0 Å². The van der Waals surface area contributed by atoms with Crippen molar-refractivity contribution in [3.05, 3.63) is 42.2 Å². The number of hydrogen-bond donors (Lipinski definition) is 1. The third-order valence-electron chi connectivity index (χ3n) is 3.87. The predicted octanol–water partition coefficient (Wildman–Crippen LogP) is 2.46. The lowest BCUT2D eigenvalue weighted by atomic mass is 10.1. The van der Waals surface area contributed by atoms with Crippen LogP contribution in [0.25, 0.3) is 0 Å². The van der Waals surface area contributed by atoms with Crippen LogP contribution in [0.15, 0.2) is 36.7 Å². The zero-order valence-corrected chi connectivity index (χ0v) is 12.1. The average molecular weight is 285 g/mol. The second-order valence-corrected chi connectivity index (χ2v) is 5.40. The van der Waals surface area contributed by atoms with Crippen LogP contribution in [0.4, 0.5) is 10.5 Å². The van der Waals surface area contributed by atoms with Gasteiger partial charge in [-0.15, -0.1) is 5.10 Å². The van der Waals surface area contributed by atoms with E-state index in [1.807, 2.05) is 47.0 Å². The van der Waals surface area contributed by atoms with Crippen LogP contribution in [0.3, 0.4) is 0 Å². The number of aryl methyl sites for hydroxylation is 1. The Hall–Kier alpha value is -2.37. The first-order chi connectivity index (χ1) is 10.2. The minimum atomic E-state index is -0.0316. The highest BCUT2D eigenvalue weighted by molar-refractivity contribution is 5.89. The van der Waals surface area contributed by atoms with Crippen molar-refractivity contribution in [1.29, 1.82) is 0 Å². The number of piperidine rings is 1. The Morgan fingerprint density at radius 1 is 1.24 bits per heavy atom. The number of carbonyl (C=O) groups is 1. The fourth-order valence-corrected chi connectivity index (χ4v) is 2.59. The molecule has 1 aromatic heterocycles. The molecule has 2 aromatic rings. The molecule has 2 heterocycles. The van der Waals surface area contributed by atoms with Gasteiger partial charge in [-0.2, -0.15) is 0 Å². The SMILES string of the molecule is Cc1ccc(NC(=O)N2CCC(n3ccnn3)CC2)cc1. The van der Waals surface area contributed by atoms with Gasteiger partial charge in [0.2, 0.25) is 0 Å². The van der Waals surface area contributed by atoms with Gasteiger partial charge in [-0.25, -0.2) is 9.48 Å². The molecular formula is C15H19N5O. The van der Waals surface area contributed by atoms with E-state index in [-0.39, 0.29) is 6.03 Å². The van der Waals surface area contributed by atoms with Crippen molar-refractivity contribution in [2.24, 2.45) is 0 Å². The minimum absolute atomic E-state index is 0.0316. The van der Waals surface area contributed by atoms with Crippen molar-refractivity contribution < 1.29 is 4.79 Å². The molecule has 1 aliphatic heterocycles. The summed E-state index contributed by atoms with van der Waals surface area (Å²) in [5, 5.41) is 10.8. The van der Waals surface area contributed by atoms with Gasteiger partial charge in [0.1, 0.15) is 0 Å². The van der Waals surface area contributed by atoms with Crippen LogP contribution in [0.2, 0.25) is 0 Å². The van der Waals surface area contributed by atoms with Gasteiger partial charge in [-0.1, -0.05) is 22.9 Å². The van der Waals surface area contributed by atoms with E-state index in [9.17, 15) is 4.79 Å². The molecule has 2 amide bonds. The summed E-state index contributed by atoms with van der Waals surface area (Å²) in [6.45, 7) is 3.50. The molecule has 0 radical (unpaired) electrons. The molecule has 0 spiro atoms. The Morgan fingerprint density at radius 3 is 2.57 bits per heavy atom. The molecule has 1 fully saturated rings. The van der Waals surface area contributed by atoms with Crippen LogP contribution in [0.1, 0.15) is 24.4 Å². The van der Waals surface area contributed by atoms with Gasteiger partial charge in [0.15, 0.2) is 0 Å². The lowest BCUT2D eigenvalue weighted by Crippen LogP contribution is -2.41. The Kier molecular flexibility index (Phi) is 3.85. The summed E-state index contributed by atoms with van der Waals surface area (Å²) in [4.78, 5) is 14.1. The van der Waals surface area contributed by atoms with Gasteiger partial charge in [0.05, 0.1) is 12.2 Å². The normalized spacial score (nSPS) is 16.0. The van der Waals surface area contributed by atoms with Gasteiger partial charge in [0.25, 0.3) is 0 Å². The number of urea groups is 1. The molecule has 0 saturated carbocycles. The first-order valence-electron chi connectivity index (χ1n) is 7.21. The third-order valence-corrected chi connectivity index (χ3v) is 3.87. The molecule has 1 N–H and O–H groups in total. The van der Waals surface area contributed by atoms with Crippen LogP contribution < -0.4 is 5.32 Å². The molecule has 3 rings (SSSR count). The van der Waals surface area contributed by atoms with Crippen molar-refractivity contribution in [2.45, 2.75) is 25.8 Å². The van der Waals surface area contributed by atoms with E-state index < -0.39 is 0 Å². The summed E-state index contributed by atoms with van der Waals surface area (Å²) in [6.07, 6.45) is 5.39. The van der Waals surface area contributed by atoms with E-state index in [4.69, 9.17) is 0 Å². The minimum Gasteiger partial charge on any atom is -0.324 e. The first-order valence-corrected chi connectivity index (χ1v) is 7.21. The molecule has 21 heavy (non-hydrogen) atoms. The molecule has 1 aliphatic rings. The summed E-state index contributed by atoms with van der Waals surface area (Å²) < 4.78 is 1.88. The maximum Gasteiger partial charge on any atom is 0.321 e. The summed E-state index contributed by atoms with van der Waals surface area (Å²) in [5.74, 6) is 0. The van der Waals surface area contributed by atoms with E-state index in [1.54, 1.807) is 6.20 Å². The maximum atomic E-state index is 12.2. The number of rotatable bonds is 2. The number of amides is 2. The lowest BCUT2D eigenvalue weighted by molar-refractivity contribution is 0.179. The Balaban J connectivity index is 1.54. The number of nitrogens with one attached hydrogen (secondary N) is 1. The Morgan fingerprint density at radius 2 is 1.95 bits per heavy atom. The van der Waals surface area contributed by atoms with E-state index in [2.05, 4.69) is 15.6 Å². The second kappa shape index (κ2) is 5.95. The van der Waals surface area contributed by atoms with Gasteiger partial charge < -0.3 is 10.2 Å². The number of anilines is 1. The van der Waals surface area contributed by atoms with E-state index in [1.165, 1.54) is 5.56 Å². The molecule has 1 saturated heterocycles. The summed E-state index contributed by atoms with van der Waals surface area (Å²) >= 11 is 0. The van der Waals surface area contributed by atoms with E-state index in [0.717, 1.165) is 31.6 Å². The Bertz CT molecular complexity index is 585. The molecule has 6 nitrogen and oxygen atoms in total. The number of likely N-dealkylation sites (tertiary alicyclic amines) is 1. The van der Waals surface area contributed by atoms with Gasteiger partial charge in [0, 0.05) is 25.0 Å². The lowest BCUT2D eigenvalue weighted by Gasteiger charge is -2.31. The van der Waals surface area contributed by atoms with Crippen LogP contribution in [0, 0.1) is 6.92 Å². The topological polar surface area (TPSA) is 63.1 Å². The van der Waals surface area contributed by atoms with Gasteiger partial charge in [-0.3, -0.25) is 0 Å². The fraction of sp³-hybridized carbons (Fsp3) is 0.400. The fourth-order valence-electron chi connectivity index (χ4n) is 2.59.